The Hall–Kier alpha value is -0.453. The Morgan fingerprint density at radius 2 is 1.50 bits per heavy atom. The van der Waals surface area contributed by atoms with Crippen LogP contribution in [-0.4, -0.2) is 28.2 Å². The minimum Gasteiger partial charge on any atom is -0.368 e. The smallest absolute Gasteiger partial charge is 0.368 e. The van der Waals surface area contributed by atoms with Crippen LogP contribution >= 0.6 is 0 Å². The SMILES string of the molecule is CCC(C)(C)C#N.O[Si](O)(O)O. The van der Waals surface area contributed by atoms with Gasteiger partial charge >= 0.3 is 9.05 Å². The maximum absolute atomic E-state index is 8.34. The zero-order valence-electron chi connectivity index (χ0n) is 7.44. The lowest BCUT2D eigenvalue weighted by Crippen LogP contribution is -2.33. The average molecular weight is 193 g/mol. The van der Waals surface area contributed by atoms with Crippen LogP contribution in [0.2, 0.25) is 0 Å². The average Bonchev–Trinajstić information content (AvgIpc) is 1.85. The van der Waals surface area contributed by atoms with E-state index in [1.165, 1.54) is 0 Å². The maximum atomic E-state index is 8.34. The molecule has 4 N–H and O–H groups in total. The van der Waals surface area contributed by atoms with Gasteiger partial charge in [0, 0.05) is 0 Å². The highest BCUT2D eigenvalue weighted by molar-refractivity contribution is 6.46. The zero-order chi connectivity index (χ0) is 10.4. The Labute approximate surface area is 73.0 Å². The van der Waals surface area contributed by atoms with E-state index in [0.29, 0.717) is 0 Å². The fourth-order valence-electron chi connectivity index (χ4n) is 0.0791. The van der Waals surface area contributed by atoms with E-state index >= 15 is 0 Å². The number of hydrogen-bond acceptors (Lipinski definition) is 5. The van der Waals surface area contributed by atoms with Gasteiger partial charge < -0.3 is 19.2 Å². The molecular formula is C6H15NO4Si. The molecule has 0 aromatic rings. The molecule has 0 radical (unpaired) electrons. The molecule has 0 amide bonds. The minimum absolute atomic E-state index is 0.111. The third-order valence-corrected chi connectivity index (χ3v) is 1.19. The van der Waals surface area contributed by atoms with Gasteiger partial charge in [-0.25, -0.2) is 0 Å². The van der Waals surface area contributed by atoms with Crippen molar-refractivity contribution in [2.75, 3.05) is 0 Å². The van der Waals surface area contributed by atoms with Gasteiger partial charge in [-0.1, -0.05) is 6.92 Å². The lowest BCUT2D eigenvalue weighted by atomic mass is 9.93. The highest BCUT2D eigenvalue weighted by Gasteiger charge is 2.22. The van der Waals surface area contributed by atoms with E-state index in [9.17, 15) is 0 Å². The van der Waals surface area contributed by atoms with Crippen molar-refractivity contribution in [1.29, 1.82) is 5.26 Å². The number of rotatable bonds is 1. The van der Waals surface area contributed by atoms with Crippen LogP contribution in [0, 0.1) is 16.7 Å². The van der Waals surface area contributed by atoms with Crippen molar-refractivity contribution in [2.45, 2.75) is 27.2 Å². The summed E-state index contributed by atoms with van der Waals surface area (Å²) in [4.78, 5) is 29.3. The van der Waals surface area contributed by atoms with Crippen molar-refractivity contribution in [3.63, 3.8) is 0 Å². The summed E-state index contributed by atoms with van der Waals surface area (Å²) in [5, 5.41) is 8.34. The first-order chi connectivity index (χ1) is 5.12. The lowest BCUT2D eigenvalue weighted by Gasteiger charge is -2.08. The van der Waals surface area contributed by atoms with Gasteiger partial charge in [0.05, 0.1) is 11.5 Å². The fraction of sp³-hybridized carbons (Fsp3) is 0.833. The van der Waals surface area contributed by atoms with E-state index in [-0.39, 0.29) is 5.41 Å². The molecule has 0 aromatic carbocycles. The standard InChI is InChI=1S/C6H11N.H4O4Si/c1-4-6(2,3)5-7;1-5(2,3)4/h4H2,1-3H3;1-4H. The molecule has 72 valence electrons. The van der Waals surface area contributed by atoms with E-state index in [0.717, 1.165) is 6.42 Å². The highest BCUT2D eigenvalue weighted by atomic mass is 28.4. The van der Waals surface area contributed by atoms with E-state index in [1.807, 2.05) is 20.8 Å². The van der Waals surface area contributed by atoms with Crippen molar-refractivity contribution in [1.82, 2.24) is 0 Å². The Balaban J connectivity index is 0. The van der Waals surface area contributed by atoms with E-state index in [1.54, 1.807) is 0 Å². The van der Waals surface area contributed by atoms with Crippen LogP contribution in [-0.2, 0) is 0 Å². The van der Waals surface area contributed by atoms with Gasteiger partial charge in [-0.15, -0.1) is 0 Å². The summed E-state index contributed by atoms with van der Waals surface area (Å²) < 4.78 is 0. The zero-order valence-corrected chi connectivity index (χ0v) is 8.44. The second-order valence-electron chi connectivity index (χ2n) is 2.95. The van der Waals surface area contributed by atoms with Crippen molar-refractivity contribution in [3.05, 3.63) is 0 Å². The van der Waals surface area contributed by atoms with Crippen molar-refractivity contribution in [2.24, 2.45) is 5.41 Å². The van der Waals surface area contributed by atoms with E-state index in [4.69, 9.17) is 24.4 Å². The molecule has 0 aliphatic rings. The first-order valence-corrected chi connectivity index (χ1v) is 5.22. The van der Waals surface area contributed by atoms with Crippen LogP contribution in [0.5, 0.6) is 0 Å². The van der Waals surface area contributed by atoms with Crippen molar-refractivity contribution < 1.29 is 19.2 Å². The summed E-state index contributed by atoms with van der Waals surface area (Å²) in [7, 11) is -4.61. The summed E-state index contributed by atoms with van der Waals surface area (Å²) in [6.07, 6.45) is 0.934. The molecule has 0 rings (SSSR count). The van der Waals surface area contributed by atoms with Crippen molar-refractivity contribution in [3.8, 4) is 6.07 Å². The molecule has 0 spiro atoms. The van der Waals surface area contributed by atoms with Gasteiger partial charge in [0.2, 0.25) is 0 Å². The number of hydrogen-bond donors (Lipinski definition) is 4. The van der Waals surface area contributed by atoms with Gasteiger partial charge in [0.15, 0.2) is 0 Å². The van der Waals surface area contributed by atoms with Gasteiger partial charge in [-0.2, -0.15) is 5.26 Å². The van der Waals surface area contributed by atoms with Gasteiger partial charge in [0.1, 0.15) is 0 Å². The molecule has 0 saturated carbocycles. The Morgan fingerprint density at radius 1 is 1.25 bits per heavy atom. The molecule has 0 aromatic heterocycles. The predicted octanol–water partition coefficient (Wildman–Crippen LogP) is -0.663. The molecule has 12 heavy (non-hydrogen) atoms. The maximum Gasteiger partial charge on any atom is 0.668 e. The minimum atomic E-state index is -4.61. The largest absolute Gasteiger partial charge is 0.668 e. The lowest BCUT2D eigenvalue weighted by molar-refractivity contribution is 0.117. The molecule has 0 heterocycles. The number of nitriles is 1. The first-order valence-electron chi connectivity index (χ1n) is 3.43. The Bertz CT molecular complexity index is 152. The molecule has 0 aliphatic heterocycles. The molecule has 6 heteroatoms. The van der Waals surface area contributed by atoms with Crippen LogP contribution in [0.1, 0.15) is 27.2 Å². The van der Waals surface area contributed by atoms with Crippen LogP contribution < -0.4 is 0 Å². The highest BCUT2D eigenvalue weighted by Crippen LogP contribution is 2.16. The molecule has 0 aliphatic carbocycles. The van der Waals surface area contributed by atoms with Crippen LogP contribution in [0.3, 0.4) is 0 Å². The summed E-state index contributed by atoms with van der Waals surface area (Å²) in [5.41, 5.74) is -0.111. The molecule has 0 unspecified atom stereocenters. The molecule has 5 nitrogen and oxygen atoms in total. The molecule has 0 saturated heterocycles. The van der Waals surface area contributed by atoms with Crippen molar-refractivity contribution >= 4 is 9.05 Å². The topological polar surface area (TPSA) is 105 Å². The summed E-state index contributed by atoms with van der Waals surface area (Å²) in [6.45, 7) is 5.89. The first kappa shape index (κ1) is 14.1. The normalized spacial score (nSPS) is 11.2. The fourth-order valence-corrected chi connectivity index (χ4v) is 0.0791. The monoisotopic (exact) mass is 193 g/mol. The molecular weight excluding hydrogens is 178 g/mol. The Morgan fingerprint density at radius 3 is 1.50 bits per heavy atom. The molecule has 0 bridgehead atoms. The number of nitrogens with zero attached hydrogens (tertiary/aromatic N) is 1. The van der Waals surface area contributed by atoms with Gasteiger partial charge in [-0.3, -0.25) is 0 Å². The Kier molecular flexibility index (Phi) is 6.15. The second kappa shape index (κ2) is 5.24. The molecule has 0 fully saturated rings. The van der Waals surface area contributed by atoms with Gasteiger partial charge in [-0.05, 0) is 20.3 Å². The summed E-state index contributed by atoms with van der Waals surface area (Å²) in [5.74, 6) is 0. The third-order valence-electron chi connectivity index (χ3n) is 1.19. The summed E-state index contributed by atoms with van der Waals surface area (Å²) in [6, 6.07) is 2.19. The summed E-state index contributed by atoms with van der Waals surface area (Å²) >= 11 is 0. The van der Waals surface area contributed by atoms with E-state index < -0.39 is 9.05 Å². The third kappa shape index (κ3) is 22.7. The van der Waals surface area contributed by atoms with Crippen LogP contribution in [0.4, 0.5) is 0 Å². The van der Waals surface area contributed by atoms with E-state index in [2.05, 4.69) is 6.07 Å². The quantitative estimate of drug-likeness (QED) is 0.414. The van der Waals surface area contributed by atoms with Crippen LogP contribution in [0.25, 0.3) is 0 Å². The van der Waals surface area contributed by atoms with Crippen LogP contribution in [0.15, 0.2) is 0 Å². The second-order valence-corrected chi connectivity index (χ2v) is 4.15. The molecule has 0 atom stereocenters. The van der Waals surface area contributed by atoms with Gasteiger partial charge in [0.25, 0.3) is 0 Å². The predicted molar refractivity (Wildman–Crippen MR) is 44.3 cm³/mol.